The standard InChI is InChI=1S/C21H26N4O2/c26-21-25(18-7-2-1-3-8-18)17-19(27-21)9-6-12-23-13-15-24(16-14-23)20-10-4-5-11-22-20/h1-5,7-8,10-11,19H,6,9,12-17H2. The summed E-state index contributed by atoms with van der Waals surface area (Å²) in [5.41, 5.74) is 0.913. The lowest BCUT2D eigenvalue weighted by atomic mass is 10.1. The number of aromatic nitrogens is 1. The fourth-order valence-corrected chi connectivity index (χ4v) is 3.77. The highest BCUT2D eigenvalue weighted by atomic mass is 16.6. The maximum atomic E-state index is 12.1. The van der Waals surface area contributed by atoms with E-state index < -0.39 is 0 Å². The summed E-state index contributed by atoms with van der Waals surface area (Å²) in [6, 6.07) is 15.8. The van der Waals surface area contributed by atoms with E-state index in [0.717, 1.165) is 57.1 Å². The van der Waals surface area contributed by atoms with Crippen molar-refractivity contribution < 1.29 is 9.53 Å². The summed E-state index contributed by atoms with van der Waals surface area (Å²) < 4.78 is 5.54. The molecule has 0 aliphatic carbocycles. The van der Waals surface area contributed by atoms with Gasteiger partial charge in [0.25, 0.3) is 0 Å². The van der Waals surface area contributed by atoms with Crippen LogP contribution in [0.4, 0.5) is 16.3 Å². The summed E-state index contributed by atoms with van der Waals surface area (Å²) in [5.74, 6) is 1.07. The SMILES string of the molecule is O=C1OC(CCCN2CCN(c3ccccn3)CC2)CN1c1ccccc1. The lowest BCUT2D eigenvalue weighted by molar-refractivity contribution is 0.131. The van der Waals surface area contributed by atoms with E-state index in [0.29, 0.717) is 6.54 Å². The largest absolute Gasteiger partial charge is 0.444 e. The second-order valence-corrected chi connectivity index (χ2v) is 7.11. The van der Waals surface area contributed by atoms with Crippen molar-refractivity contribution in [2.45, 2.75) is 18.9 Å². The van der Waals surface area contributed by atoms with Crippen LogP contribution in [0.2, 0.25) is 0 Å². The molecule has 6 heteroatoms. The van der Waals surface area contributed by atoms with Gasteiger partial charge < -0.3 is 9.64 Å². The van der Waals surface area contributed by atoms with Crippen LogP contribution in [-0.4, -0.2) is 61.3 Å². The smallest absolute Gasteiger partial charge is 0.414 e. The van der Waals surface area contributed by atoms with Crippen molar-refractivity contribution in [1.29, 1.82) is 0 Å². The number of benzene rings is 1. The minimum atomic E-state index is -0.227. The fraction of sp³-hybridized carbons (Fsp3) is 0.429. The summed E-state index contributed by atoms with van der Waals surface area (Å²) >= 11 is 0. The van der Waals surface area contributed by atoms with Gasteiger partial charge in [-0.25, -0.2) is 9.78 Å². The lowest BCUT2D eigenvalue weighted by Crippen LogP contribution is -2.47. The van der Waals surface area contributed by atoms with E-state index in [2.05, 4.69) is 20.9 Å². The molecule has 3 heterocycles. The molecular weight excluding hydrogens is 340 g/mol. The first-order valence-electron chi connectivity index (χ1n) is 9.71. The molecule has 6 nitrogen and oxygen atoms in total. The Morgan fingerprint density at radius 2 is 1.78 bits per heavy atom. The molecule has 1 aromatic carbocycles. The van der Waals surface area contributed by atoms with Gasteiger partial charge in [-0.3, -0.25) is 9.80 Å². The summed E-state index contributed by atoms with van der Waals surface area (Å²) in [5, 5.41) is 0. The summed E-state index contributed by atoms with van der Waals surface area (Å²) in [4.78, 5) is 23.1. The molecule has 1 unspecified atom stereocenters. The molecule has 2 aliphatic rings. The van der Waals surface area contributed by atoms with E-state index in [1.165, 1.54) is 0 Å². The Balaban J connectivity index is 1.18. The Morgan fingerprint density at radius 1 is 1.00 bits per heavy atom. The van der Waals surface area contributed by atoms with Crippen LogP contribution < -0.4 is 9.80 Å². The number of amides is 1. The number of hydrogen-bond acceptors (Lipinski definition) is 5. The maximum Gasteiger partial charge on any atom is 0.414 e. The summed E-state index contributed by atoms with van der Waals surface area (Å²) in [6.07, 6.45) is 3.57. The van der Waals surface area contributed by atoms with E-state index in [4.69, 9.17) is 4.74 Å². The molecule has 142 valence electrons. The molecule has 27 heavy (non-hydrogen) atoms. The molecule has 0 radical (unpaired) electrons. The number of ether oxygens (including phenoxy) is 1. The third kappa shape index (κ3) is 4.39. The summed E-state index contributed by atoms with van der Waals surface area (Å²) in [7, 11) is 0. The predicted molar refractivity (Wildman–Crippen MR) is 106 cm³/mol. The number of nitrogens with zero attached hydrogens (tertiary/aromatic N) is 4. The van der Waals surface area contributed by atoms with Gasteiger partial charge in [-0.2, -0.15) is 0 Å². The number of carbonyl (C=O) groups is 1. The molecule has 1 aromatic heterocycles. The van der Waals surface area contributed by atoms with Crippen molar-refractivity contribution in [3.63, 3.8) is 0 Å². The molecule has 1 amide bonds. The number of anilines is 2. The molecule has 4 rings (SSSR count). The third-order valence-electron chi connectivity index (χ3n) is 5.29. The molecule has 2 saturated heterocycles. The average Bonchev–Trinajstić information content (AvgIpc) is 3.10. The minimum Gasteiger partial charge on any atom is -0.444 e. The van der Waals surface area contributed by atoms with Crippen LogP contribution in [0.1, 0.15) is 12.8 Å². The highest BCUT2D eigenvalue weighted by Gasteiger charge is 2.31. The van der Waals surface area contributed by atoms with Gasteiger partial charge in [0.05, 0.1) is 6.54 Å². The Hall–Kier alpha value is -2.60. The van der Waals surface area contributed by atoms with Gasteiger partial charge in [-0.1, -0.05) is 24.3 Å². The topological polar surface area (TPSA) is 48.9 Å². The van der Waals surface area contributed by atoms with E-state index in [-0.39, 0.29) is 12.2 Å². The molecule has 2 aliphatic heterocycles. The van der Waals surface area contributed by atoms with Crippen molar-refractivity contribution >= 4 is 17.6 Å². The van der Waals surface area contributed by atoms with Crippen LogP contribution in [0.3, 0.4) is 0 Å². The van der Waals surface area contributed by atoms with Crippen LogP contribution in [0.5, 0.6) is 0 Å². The van der Waals surface area contributed by atoms with Crippen molar-refractivity contribution in [2.24, 2.45) is 0 Å². The number of carbonyl (C=O) groups excluding carboxylic acids is 1. The average molecular weight is 366 g/mol. The normalized spacial score (nSPS) is 20.7. The zero-order chi connectivity index (χ0) is 18.5. The number of cyclic esters (lactones) is 1. The molecule has 1 atom stereocenters. The number of hydrogen-bond donors (Lipinski definition) is 0. The molecule has 0 spiro atoms. The maximum absolute atomic E-state index is 12.1. The monoisotopic (exact) mass is 366 g/mol. The van der Waals surface area contributed by atoms with Crippen LogP contribution in [-0.2, 0) is 4.74 Å². The lowest BCUT2D eigenvalue weighted by Gasteiger charge is -2.35. The molecular formula is C21H26N4O2. The molecule has 0 bridgehead atoms. The van der Waals surface area contributed by atoms with Gasteiger partial charge in [0.2, 0.25) is 0 Å². The van der Waals surface area contributed by atoms with Gasteiger partial charge in [0, 0.05) is 38.1 Å². The Bertz CT molecular complexity index is 732. The van der Waals surface area contributed by atoms with Gasteiger partial charge in [-0.15, -0.1) is 0 Å². The van der Waals surface area contributed by atoms with Crippen molar-refractivity contribution in [2.75, 3.05) is 49.1 Å². The zero-order valence-electron chi connectivity index (χ0n) is 15.5. The fourth-order valence-electron chi connectivity index (χ4n) is 3.77. The number of para-hydroxylation sites is 1. The molecule has 0 saturated carbocycles. The van der Waals surface area contributed by atoms with Crippen LogP contribution in [0, 0.1) is 0 Å². The Labute approximate surface area is 160 Å². The quantitative estimate of drug-likeness (QED) is 0.787. The molecule has 2 aromatic rings. The first kappa shape index (κ1) is 17.8. The third-order valence-corrected chi connectivity index (χ3v) is 5.29. The number of piperazine rings is 1. The van der Waals surface area contributed by atoms with Gasteiger partial charge in [-0.05, 0) is 43.7 Å². The van der Waals surface area contributed by atoms with Crippen LogP contribution >= 0.6 is 0 Å². The van der Waals surface area contributed by atoms with E-state index >= 15 is 0 Å². The second kappa shape index (κ2) is 8.39. The number of rotatable bonds is 6. The van der Waals surface area contributed by atoms with Gasteiger partial charge in [0.15, 0.2) is 0 Å². The van der Waals surface area contributed by atoms with Crippen LogP contribution in [0.15, 0.2) is 54.7 Å². The van der Waals surface area contributed by atoms with Gasteiger partial charge >= 0.3 is 6.09 Å². The van der Waals surface area contributed by atoms with Crippen molar-refractivity contribution in [3.05, 3.63) is 54.7 Å². The highest BCUT2D eigenvalue weighted by molar-refractivity contribution is 5.89. The molecule has 2 fully saturated rings. The molecule has 0 N–H and O–H groups in total. The predicted octanol–water partition coefficient (Wildman–Crippen LogP) is 3.01. The van der Waals surface area contributed by atoms with Crippen molar-refractivity contribution in [3.8, 4) is 0 Å². The first-order chi connectivity index (χ1) is 13.3. The van der Waals surface area contributed by atoms with Crippen LogP contribution in [0.25, 0.3) is 0 Å². The van der Waals surface area contributed by atoms with E-state index in [1.807, 2.05) is 48.7 Å². The van der Waals surface area contributed by atoms with Crippen molar-refractivity contribution in [1.82, 2.24) is 9.88 Å². The second-order valence-electron chi connectivity index (χ2n) is 7.11. The summed E-state index contributed by atoms with van der Waals surface area (Å²) in [6.45, 7) is 5.83. The Morgan fingerprint density at radius 3 is 2.52 bits per heavy atom. The minimum absolute atomic E-state index is 0.00693. The van der Waals surface area contributed by atoms with E-state index in [1.54, 1.807) is 4.90 Å². The Kier molecular flexibility index (Phi) is 5.53. The van der Waals surface area contributed by atoms with E-state index in [9.17, 15) is 4.79 Å². The first-order valence-corrected chi connectivity index (χ1v) is 9.71. The zero-order valence-corrected chi connectivity index (χ0v) is 15.5. The van der Waals surface area contributed by atoms with Gasteiger partial charge in [0.1, 0.15) is 11.9 Å². The number of pyridine rings is 1. The highest BCUT2D eigenvalue weighted by Crippen LogP contribution is 2.23.